The van der Waals surface area contributed by atoms with Crippen molar-refractivity contribution in [3.05, 3.63) is 84.0 Å². The summed E-state index contributed by atoms with van der Waals surface area (Å²) in [6, 6.07) is 13.9. The Hall–Kier alpha value is -4.68. The molecule has 0 aliphatic carbocycles. The second-order valence-corrected chi connectivity index (χ2v) is 7.00. The minimum Gasteiger partial charge on any atom is -0.478 e. The molecule has 0 saturated carbocycles. The van der Waals surface area contributed by atoms with Crippen molar-refractivity contribution in [2.45, 2.75) is 19.3 Å². The van der Waals surface area contributed by atoms with Crippen molar-refractivity contribution in [2.24, 2.45) is 11.5 Å². The zero-order valence-corrected chi connectivity index (χ0v) is 20.0. The quantitative estimate of drug-likeness (QED) is 0.252. The van der Waals surface area contributed by atoms with Crippen LogP contribution in [0.2, 0.25) is 0 Å². The Balaban J connectivity index is 0.000000669. The van der Waals surface area contributed by atoms with Gasteiger partial charge in [0, 0.05) is 43.6 Å². The van der Waals surface area contributed by atoms with E-state index in [-0.39, 0.29) is 37.2 Å². The number of nitrogens with two attached hydrogens (primary N) is 2. The van der Waals surface area contributed by atoms with Gasteiger partial charge in [0.1, 0.15) is 11.5 Å². The molecule has 37 heavy (non-hydrogen) atoms. The molecule has 0 heterocycles. The van der Waals surface area contributed by atoms with Crippen LogP contribution in [0.25, 0.3) is 0 Å². The van der Waals surface area contributed by atoms with Crippen LogP contribution in [0.4, 0.5) is 9.59 Å². The molecule has 0 spiro atoms. The minimum atomic E-state index is -1.04. The predicted molar refractivity (Wildman–Crippen MR) is 133 cm³/mol. The lowest BCUT2D eigenvalue weighted by atomic mass is 10.0. The average Bonchev–Trinajstić information content (AvgIpc) is 2.82. The molecule has 0 saturated heterocycles. The zero-order chi connectivity index (χ0) is 28.4. The Labute approximate surface area is 213 Å². The number of carbonyl (C=O) groups excluding carboxylic acids is 2. The number of hydrogen-bond donors (Lipinski definition) is 6. The third-order valence-corrected chi connectivity index (χ3v) is 4.18. The summed E-state index contributed by atoms with van der Waals surface area (Å²) in [7, 11) is 0. The van der Waals surface area contributed by atoms with Gasteiger partial charge in [-0.25, -0.2) is 19.2 Å². The van der Waals surface area contributed by atoms with Gasteiger partial charge in [-0.1, -0.05) is 49.6 Å². The first-order valence-electron chi connectivity index (χ1n) is 10.6. The molecule has 2 aromatic rings. The summed E-state index contributed by atoms with van der Waals surface area (Å²) in [4.78, 5) is 41.6. The second kappa shape index (κ2) is 17.7. The van der Waals surface area contributed by atoms with Crippen molar-refractivity contribution in [1.82, 2.24) is 0 Å². The van der Waals surface area contributed by atoms with Crippen molar-refractivity contribution in [1.29, 1.82) is 0 Å². The first kappa shape index (κ1) is 32.3. The fourth-order valence-electron chi connectivity index (χ4n) is 2.40. The van der Waals surface area contributed by atoms with E-state index < -0.39 is 24.1 Å². The zero-order valence-electron chi connectivity index (χ0n) is 20.0. The van der Waals surface area contributed by atoms with Crippen LogP contribution in [0.5, 0.6) is 11.5 Å². The Morgan fingerprint density at radius 3 is 1.24 bits per heavy atom. The third kappa shape index (κ3) is 14.3. The molecule has 200 valence electrons. The molecule has 2 amide bonds. The molecule has 12 nitrogen and oxygen atoms in total. The number of carboxylic acid groups (broad SMARTS) is 2. The van der Waals surface area contributed by atoms with Crippen LogP contribution < -0.4 is 20.9 Å². The molecule has 0 bridgehead atoms. The normalized spacial score (nSPS) is 9.35. The van der Waals surface area contributed by atoms with E-state index in [9.17, 15) is 19.2 Å². The number of carboxylic acids is 2. The first-order chi connectivity index (χ1) is 17.4. The fourth-order valence-corrected chi connectivity index (χ4v) is 2.40. The predicted octanol–water partition coefficient (Wildman–Crippen LogP) is 2.21. The number of hydrogen-bond acceptors (Lipinski definition) is 8. The van der Waals surface area contributed by atoms with E-state index in [1.54, 1.807) is 48.5 Å². The van der Waals surface area contributed by atoms with E-state index in [2.05, 4.69) is 13.2 Å². The molecular weight excluding hydrogens is 488 g/mol. The summed E-state index contributed by atoms with van der Waals surface area (Å²) >= 11 is 0. The monoisotopic (exact) mass is 518 g/mol. The third-order valence-electron chi connectivity index (χ3n) is 4.18. The van der Waals surface area contributed by atoms with Crippen molar-refractivity contribution < 1.29 is 49.1 Å². The number of carbonyl (C=O) groups is 4. The maximum absolute atomic E-state index is 10.9. The molecule has 0 fully saturated rings. The van der Waals surface area contributed by atoms with Gasteiger partial charge in [-0.2, -0.15) is 0 Å². The molecule has 0 aliphatic heterocycles. The summed E-state index contributed by atoms with van der Waals surface area (Å²) in [5, 5.41) is 32.5. The molecule has 0 atom stereocenters. The maximum atomic E-state index is 10.9. The Morgan fingerprint density at radius 1 is 0.676 bits per heavy atom. The van der Waals surface area contributed by atoms with Gasteiger partial charge in [0.05, 0.1) is 0 Å². The molecule has 8 N–H and O–H groups in total. The largest absolute Gasteiger partial charge is 0.478 e. The lowest BCUT2D eigenvalue weighted by molar-refractivity contribution is -0.133. The van der Waals surface area contributed by atoms with Crippen LogP contribution in [-0.4, -0.2) is 57.8 Å². The summed E-state index contributed by atoms with van der Waals surface area (Å²) < 4.78 is 9.89. The standard InChI is InChI=1S/C15H14N2O4.2C5H8O3/c16-14(18)20-12-7-3-1-5-10(12)9-11-6-2-4-8-13(11)21-15(17)19;2*1-4(2-3-6)5(7)8/h1-8H,9H2,(H2,16,18)(H2,17,19);2*6H,1-3H2,(H,7,8). The highest BCUT2D eigenvalue weighted by Crippen LogP contribution is 2.26. The summed E-state index contributed by atoms with van der Waals surface area (Å²) in [6.45, 7) is 6.07. The number of para-hydroxylation sites is 2. The number of aliphatic carboxylic acids is 2. The highest BCUT2D eigenvalue weighted by atomic mass is 16.6. The van der Waals surface area contributed by atoms with E-state index in [4.69, 9.17) is 41.4 Å². The molecule has 12 heteroatoms. The number of benzene rings is 2. The summed E-state index contributed by atoms with van der Waals surface area (Å²) in [5.74, 6) is -1.36. The summed E-state index contributed by atoms with van der Waals surface area (Å²) in [5.41, 5.74) is 11.6. The van der Waals surface area contributed by atoms with Gasteiger partial charge in [0.2, 0.25) is 0 Å². The topological polar surface area (TPSA) is 220 Å². The van der Waals surface area contributed by atoms with Crippen molar-refractivity contribution in [3.8, 4) is 11.5 Å². The van der Waals surface area contributed by atoms with Gasteiger partial charge in [0.25, 0.3) is 0 Å². The minimum absolute atomic E-state index is 0.0486. The van der Waals surface area contributed by atoms with Crippen LogP contribution in [0.3, 0.4) is 0 Å². The van der Waals surface area contributed by atoms with Gasteiger partial charge >= 0.3 is 24.1 Å². The number of amides is 2. The molecule has 2 aromatic carbocycles. The van der Waals surface area contributed by atoms with Crippen LogP contribution >= 0.6 is 0 Å². The highest BCUT2D eigenvalue weighted by molar-refractivity contribution is 5.86. The number of aliphatic hydroxyl groups excluding tert-OH is 2. The van der Waals surface area contributed by atoms with Crippen molar-refractivity contribution >= 4 is 24.1 Å². The molecule has 0 unspecified atom stereocenters. The lowest BCUT2D eigenvalue weighted by Crippen LogP contribution is -2.18. The van der Waals surface area contributed by atoms with Gasteiger partial charge < -0.3 is 41.4 Å². The van der Waals surface area contributed by atoms with Crippen LogP contribution in [0.15, 0.2) is 72.8 Å². The SMILES string of the molecule is C=C(CCO)C(=O)O.C=C(CCO)C(=O)O.NC(=O)Oc1ccccc1Cc1ccccc1OC(N)=O. The van der Waals surface area contributed by atoms with Crippen LogP contribution in [0, 0.1) is 0 Å². The molecule has 0 radical (unpaired) electrons. The summed E-state index contributed by atoms with van der Waals surface area (Å²) in [6.07, 6.45) is -1.08. The Morgan fingerprint density at radius 2 is 1.00 bits per heavy atom. The van der Waals surface area contributed by atoms with Gasteiger partial charge in [-0.05, 0) is 23.3 Å². The highest BCUT2D eigenvalue weighted by Gasteiger charge is 2.11. The molecular formula is C25H30N2O10. The van der Waals surface area contributed by atoms with Crippen molar-refractivity contribution in [3.63, 3.8) is 0 Å². The second-order valence-electron chi connectivity index (χ2n) is 7.00. The Kier molecular flexibility index (Phi) is 15.5. The average molecular weight is 519 g/mol. The van der Waals surface area contributed by atoms with E-state index >= 15 is 0 Å². The number of rotatable bonds is 10. The van der Waals surface area contributed by atoms with E-state index in [1.165, 1.54) is 0 Å². The number of aliphatic hydroxyl groups is 2. The Bertz CT molecular complexity index is 1010. The number of ether oxygens (including phenoxy) is 2. The molecule has 0 aliphatic rings. The molecule has 2 rings (SSSR count). The first-order valence-corrected chi connectivity index (χ1v) is 10.6. The maximum Gasteiger partial charge on any atom is 0.409 e. The van der Waals surface area contributed by atoms with Crippen LogP contribution in [-0.2, 0) is 16.0 Å². The lowest BCUT2D eigenvalue weighted by Gasteiger charge is -2.11. The van der Waals surface area contributed by atoms with E-state index in [0.717, 1.165) is 11.1 Å². The van der Waals surface area contributed by atoms with Gasteiger partial charge in [-0.3, -0.25) is 0 Å². The van der Waals surface area contributed by atoms with Gasteiger partial charge in [-0.15, -0.1) is 0 Å². The fraction of sp³-hybridized carbons (Fsp3) is 0.200. The molecule has 0 aromatic heterocycles. The van der Waals surface area contributed by atoms with E-state index in [0.29, 0.717) is 17.9 Å². The van der Waals surface area contributed by atoms with Gasteiger partial charge in [0.15, 0.2) is 0 Å². The number of primary amides is 2. The van der Waals surface area contributed by atoms with E-state index in [1.807, 2.05) is 0 Å². The van der Waals surface area contributed by atoms with Crippen LogP contribution in [0.1, 0.15) is 24.0 Å². The van der Waals surface area contributed by atoms with Crippen molar-refractivity contribution in [2.75, 3.05) is 13.2 Å². The smallest absolute Gasteiger partial charge is 0.409 e.